The summed E-state index contributed by atoms with van der Waals surface area (Å²) in [4.78, 5) is 13.1. The predicted octanol–water partition coefficient (Wildman–Crippen LogP) is 4.49. The number of cyclic esters (lactones) is 1. The number of carbonyl (C=O) groups excluding carboxylic acids is 1. The van der Waals surface area contributed by atoms with Crippen molar-refractivity contribution in [3.63, 3.8) is 0 Å². The highest BCUT2D eigenvalue weighted by Gasteiger charge is 2.69. The van der Waals surface area contributed by atoms with Gasteiger partial charge in [-0.15, -0.1) is 0 Å². The first-order chi connectivity index (χ1) is 10.5. The molecule has 120 valence electrons. The zero-order valence-electron chi connectivity index (χ0n) is 14.0. The molecule has 22 heavy (non-hydrogen) atoms. The van der Waals surface area contributed by atoms with Gasteiger partial charge in [0.15, 0.2) is 0 Å². The molecule has 5 rings (SSSR count). The van der Waals surface area contributed by atoms with E-state index in [4.69, 9.17) is 4.74 Å². The van der Waals surface area contributed by atoms with Gasteiger partial charge < -0.3 is 4.74 Å². The Kier molecular flexibility index (Phi) is 2.47. The number of rotatable bonds is 0. The number of allylic oxidation sites excluding steroid dienone is 2. The van der Waals surface area contributed by atoms with Gasteiger partial charge in [-0.3, -0.25) is 4.79 Å². The molecule has 6 unspecified atom stereocenters. The summed E-state index contributed by atoms with van der Waals surface area (Å²) in [6.45, 7) is 5.41. The maximum absolute atomic E-state index is 13.1. The zero-order valence-corrected chi connectivity index (χ0v) is 14.0. The maximum Gasteiger partial charge on any atom is 0.312 e. The van der Waals surface area contributed by atoms with Gasteiger partial charge in [0.25, 0.3) is 0 Å². The number of carbonyl (C=O) groups is 1. The Hall–Kier alpha value is -0.790. The maximum atomic E-state index is 13.1. The summed E-state index contributed by atoms with van der Waals surface area (Å²) in [5.41, 5.74) is 2.05. The van der Waals surface area contributed by atoms with Gasteiger partial charge in [0.1, 0.15) is 0 Å². The second kappa shape index (κ2) is 3.99. The van der Waals surface area contributed by atoms with Crippen LogP contribution in [0.2, 0.25) is 0 Å². The van der Waals surface area contributed by atoms with E-state index in [0.29, 0.717) is 23.9 Å². The molecule has 2 nitrogen and oxygen atoms in total. The standard InChI is InChI=1S/C20H28O2/c1-13-10-19-9-6-15-18(2)7-3-8-20(15,17(21)22-12-18)16(19)5-4-14(13)11-19/h10,14-16H,3-9,11-12H2,1-2H3. The molecule has 1 spiro atoms. The van der Waals surface area contributed by atoms with Crippen LogP contribution in [-0.2, 0) is 9.53 Å². The molecule has 0 amide bonds. The number of hydrogen-bond donors (Lipinski definition) is 0. The molecule has 2 heteroatoms. The third-order valence-corrected chi connectivity index (χ3v) is 8.52. The second-order valence-corrected chi connectivity index (χ2v) is 9.37. The van der Waals surface area contributed by atoms with Gasteiger partial charge in [-0.25, -0.2) is 0 Å². The number of hydrogen-bond acceptors (Lipinski definition) is 2. The summed E-state index contributed by atoms with van der Waals surface area (Å²) in [6.07, 6.45) is 12.6. The van der Waals surface area contributed by atoms with Gasteiger partial charge in [0, 0.05) is 5.41 Å². The summed E-state index contributed by atoms with van der Waals surface area (Å²) in [5, 5.41) is 0. The summed E-state index contributed by atoms with van der Waals surface area (Å²) in [6, 6.07) is 0. The molecule has 4 aliphatic carbocycles. The molecular formula is C20H28O2. The fourth-order valence-corrected chi connectivity index (χ4v) is 7.71. The van der Waals surface area contributed by atoms with Gasteiger partial charge >= 0.3 is 5.97 Å². The minimum atomic E-state index is -0.143. The van der Waals surface area contributed by atoms with Gasteiger partial charge in [-0.05, 0) is 75.0 Å². The lowest BCUT2D eigenvalue weighted by molar-refractivity contribution is -0.228. The highest BCUT2D eigenvalue weighted by atomic mass is 16.5. The van der Waals surface area contributed by atoms with Crippen molar-refractivity contribution in [3.05, 3.63) is 11.6 Å². The van der Waals surface area contributed by atoms with E-state index in [2.05, 4.69) is 19.9 Å². The fraction of sp³-hybridized carbons (Fsp3) is 0.850. The Balaban J connectivity index is 1.67. The minimum Gasteiger partial charge on any atom is -0.465 e. The Labute approximate surface area is 133 Å². The lowest BCUT2D eigenvalue weighted by Crippen LogP contribution is -2.65. The van der Waals surface area contributed by atoms with E-state index in [1.165, 1.54) is 44.9 Å². The SMILES string of the molecule is CC1=CC23CCC4C5(C)CCCC4(C(=O)OC5)C2CCC1C3. The van der Waals surface area contributed by atoms with E-state index in [1.54, 1.807) is 5.57 Å². The van der Waals surface area contributed by atoms with Crippen LogP contribution in [-0.4, -0.2) is 12.6 Å². The summed E-state index contributed by atoms with van der Waals surface area (Å²) < 4.78 is 5.83. The molecule has 1 heterocycles. The fourth-order valence-electron chi connectivity index (χ4n) is 7.71. The molecule has 4 fully saturated rings. The van der Waals surface area contributed by atoms with Crippen molar-refractivity contribution < 1.29 is 9.53 Å². The van der Waals surface area contributed by atoms with Crippen molar-refractivity contribution in [2.24, 2.45) is 34.0 Å². The van der Waals surface area contributed by atoms with Crippen molar-refractivity contribution in [2.75, 3.05) is 6.61 Å². The molecule has 0 aromatic rings. The first kappa shape index (κ1) is 13.6. The van der Waals surface area contributed by atoms with Gasteiger partial charge in [0.2, 0.25) is 0 Å². The average Bonchev–Trinajstić information content (AvgIpc) is 2.73. The quantitative estimate of drug-likeness (QED) is 0.486. The van der Waals surface area contributed by atoms with Crippen LogP contribution in [0, 0.1) is 34.0 Å². The topological polar surface area (TPSA) is 26.3 Å². The van der Waals surface area contributed by atoms with E-state index in [-0.39, 0.29) is 16.8 Å². The van der Waals surface area contributed by atoms with Crippen molar-refractivity contribution in [1.29, 1.82) is 0 Å². The zero-order chi connectivity index (χ0) is 15.2. The van der Waals surface area contributed by atoms with Crippen LogP contribution in [0.5, 0.6) is 0 Å². The number of ether oxygens (including phenoxy) is 1. The van der Waals surface area contributed by atoms with E-state index >= 15 is 0 Å². The Morgan fingerprint density at radius 1 is 1.14 bits per heavy atom. The van der Waals surface area contributed by atoms with Crippen LogP contribution in [0.1, 0.15) is 65.2 Å². The predicted molar refractivity (Wildman–Crippen MR) is 85.1 cm³/mol. The van der Waals surface area contributed by atoms with Gasteiger partial charge in [-0.2, -0.15) is 0 Å². The number of fused-ring (bicyclic) bond motifs is 1. The summed E-state index contributed by atoms with van der Waals surface area (Å²) in [5.74, 6) is 2.12. The van der Waals surface area contributed by atoms with Crippen LogP contribution in [0.3, 0.4) is 0 Å². The minimum absolute atomic E-state index is 0.143. The summed E-state index contributed by atoms with van der Waals surface area (Å²) >= 11 is 0. The van der Waals surface area contributed by atoms with Crippen LogP contribution in [0.15, 0.2) is 11.6 Å². The van der Waals surface area contributed by atoms with Gasteiger partial charge in [0.05, 0.1) is 12.0 Å². The molecule has 0 aromatic heterocycles. The summed E-state index contributed by atoms with van der Waals surface area (Å²) in [7, 11) is 0. The molecule has 0 aromatic carbocycles. The third kappa shape index (κ3) is 1.37. The van der Waals surface area contributed by atoms with E-state index < -0.39 is 0 Å². The van der Waals surface area contributed by atoms with Crippen molar-refractivity contribution in [3.8, 4) is 0 Å². The molecule has 5 aliphatic rings. The van der Waals surface area contributed by atoms with E-state index in [0.717, 1.165) is 12.3 Å². The molecule has 1 aliphatic heterocycles. The van der Waals surface area contributed by atoms with E-state index in [1.807, 2.05) is 0 Å². The molecular weight excluding hydrogens is 272 g/mol. The van der Waals surface area contributed by atoms with Crippen LogP contribution < -0.4 is 0 Å². The van der Waals surface area contributed by atoms with Crippen LogP contribution in [0.4, 0.5) is 0 Å². The van der Waals surface area contributed by atoms with Crippen LogP contribution in [0.25, 0.3) is 0 Å². The molecule has 3 saturated carbocycles. The van der Waals surface area contributed by atoms with E-state index in [9.17, 15) is 4.79 Å². The molecule has 1 saturated heterocycles. The monoisotopic (exact) mass is 300 g/mol. The highest BCUT2D eigenvalue weighted by Crippen LogP contribution is 2.72. The first-order valence-electron chi connectivity index (χ1n) is 9.37. The van der Waals surface area contributed by atoms with Crippen molar-refractivity contribution in [1.82, 2.24) is 0 Å². The lowest BCUT2D eigenvalue weighted by Gasteiger charge is -2.65. The molecule has 6 atom stereocenters. The normalized spacial score (nSPS) is 55.8. The molecule has 4 bridgehead atoms. The Morgan fingerprint density at radius 2 is 2.00 bits per heavy atom. The van der Waals surface area contributed by atoms with Crippen LogP contribution >= 0.6 is 0 Å². The molecule has 0 N–H and O–H groups in total. The Bertz CT molecular complexity index is 578. The smallest absolute Gasteiger partial charge is 0.312 e. The largest absolute Gasteiger partial charge is 0.465 e. The number of esters is 1. The second-order valence-electron chi connectivity index (χ2n) is 9.37. The van der Waals surface area contributed by atoms with Crippen molar-refractivity contribution >= 4 is 5.97 Å². The average molecular weight is 300 g/mol. The van der Waals surface area contributed by atoms with Gasteiger partial charge in [-0.1, -0.05) is 25.0 Å². The first-order valence-corrected chi connectivity index (χ1v) is 9.37. The highest BCUT2D eigenvalue weighted by molar-refractivity contribution is 5.79. The Morgan fingerprint density at radius 3 is 2.86 bits per heavy atom. The van der Waals surface area contributed by atoms with Crippen molar-refractivity contribution in [2.45, 2.75) is 65.2 Å². The lowest BCUT2D eigenvalue weighted by atomic mass is 9.39. The molecule has 0 radical (unpaired) electrons. The third-order valence-electron chi connectivity index (χ3n) is 8.52.